The minimum atomic E-state index is 0.111. The topological polar surface area (TPSA) is 13.1 Å². The van der Waals surface area contributed by atoms with Gasteiger partial charge < -0.3 is 13.9 Å². The lowest BCUT2D eigenvalue weighted by atomic mass is 9.41. The van der Waals surface area contributed by atoms with Gasteiger partial charge in [0.1, 0.15) is 0 Å². The molecular weight excluding hydrogens is 557 g/mol. The lowest BCUT2D eigenvalue weighted by Gasteiger charge is -2.46. The first-order valence-corrected chi connectivity index (χ1v) is 16.1. The molecule has 0 bridgehead atoms. The third-order valence-corrected chi connectivity index (χ3v) is 10.8. The van der Waals surface area contributed by atoms with E-state index in [4.69, 9.17) is 0 Å². The molecule has 3 nitrogen and oxygen atoms in total. The third kappa shape index (κ3) is 2.58. The molecule has 0 saturated heterocycles. The maximum atomic E-state index is 2.62. The Kier molecular flexibility index (Phi) is 4.06. The lowest BCUT2D eigenvalue weighted by Crippen LogP contribution is -2.62. The zero-order valence-corrected chi connectivity index (χ0v) is 24.8. The Hall–Kier alpha value is -6.00. The number of nitrogens with zero attached hydrogens (tertiary/aromatic N) is 3. The molecule has 9 aromatic rings. The molecule has 0 unspecified atom stereocenters. The second kappa shape index (κ2) is 7.98. The highest BCUT2D eigenvalue weighted by atomic mass is 15.1. The van der Waals surface area contributed by atoms with Crippen molar-refractivity contribution in [1.29, 1.82) is 0 Å². The molecule has 3 aliphatic rings. The zero-order chi connectivity index (χ0) is 29.7. The monoisotopic (exact) mass is 581 g/mol. The van der Waals surface area contributed by atoms with E-state index < -0.39 is 0 Å². The summed E-state index contributed by atoms with van der Waals surface area (Å²) in [6, 6.07) is 54.2. The second-order valence-corrected chi connectivity index (χ2v) is 12.9. The Morgan fingerprint density at radius 3 is 1.78 bits per heavy atom. The lowest BCUT2D eigenvalue weighted by molar-refractivity contribution is 1.17. The van der Waals surface area contributed by atoms with Gasteiger partial charge in [0, 0.05) is 55.4 Å². The summed E-state index contributed by atoms with van der Waals surface area (Å²) in [5.74, 6) is 0. The Balaban J connectivity index is 1.31. The molecule has 0 spiro atoms. The smallest absolute Gasteiger partial charge is 0.333 e. The van der Waals surface area contributed by atoms with Crippen molar-refractivity contribution in [3.8, 4) is 33.6 Å². The van der Waals surface area contributed by atoms with Crippen LogP contribution in [0.15, 0.2) is 146 Å². The van der Waals surface area contributed by atoms with Crippen LogP contribution in [0.5, 0.6) is 0 Å². The van der Waals surface area contributed by atoms with Gasteiger partial charge in [-0.25, -0.2) is 0 Å². The largest absolute Gasteiger partial charge is 0.376 e. The Labute approximate surface area is 265 Å². The molecule has 2 aromatic heterocycles. The molecule has 0 saturated carbocycles. The van der Waals surface area contributed by atoms with E-state index >= 15 is 0 Å². The number of para-hydroxylation sites is 4. The summed E-state index contributed by atoms with van der Waals surface area (Å²) < 4.78 is 5.02. The number of hydrogen-bond acceptors (Lipinski definition) is 1. The third-order valence-electron chi connectivity index (χ3n) is 10.8. The molecule has 46 heavy (non-hydrogen) atoms. The fourth-order valence-corrected chi connectivity index (χ4v) is 9.11. The van der Waals surface area contributed by atoms with Gasteiger partial charge in [0.25, 0.3) is 0 Å². The van der Waals surface area contributed by atoms with Crippen molar-refractivity contribution in [2.45, 2.75) is 0 Å². The van der Waals surface area contributed by atoms with Gasteiger partial charge in [0.15, 0.2) is 0 Å². The van der Waals surface area contributed by atoms with Crippen LogP contribution in [0, 0.1) is 0 Å². The average molecular weight is 581 g/mol. The number of hydrogen-bond donors (Lipinski definition) is 0. The minimum absolute atomic E-state index is 0.111. The van der Waals surface area contributed by atoms with Gasteiger partial charge in [-0.15, -0.1) is 0 Å². The van der Waals surface area contributed by atoms with Crippen molar-refractivity contribution < 1.29 is 0 Å². The van der Waals surface area contributed by atoms with E-state index in [0.29, 0.717) is 0 Å². The molecule has 7 aromatic carbocycles. The number of aromatic nitrogens is 2. The van der Waals surface area contributed by atoms with Crippen molar-refractivity contribution in [2.24, 2.45) is 0 Å². The van der Waals surface area contributed by atoms with Gasteiger partial charge in [0.2, 0.25) is 0 Å². The van der Waals surface area contributed by atoms with Crippen LogP contribution in [-0.2, 0) is 0 Å². The molecule has 210 valence electrons. The quantitative estimate of drug-likeness (QED) is 0.176. The predicted molar refractivity (Wildman–Crippen MR) is 193 cm³/mol. The van der Waals surface area contributed by atoms with Crippen LogP contribution in [0.2, 0.25) is 0 Å². The highest BCUT2D eigenvalue weighted by molar-refractivity contribution is 6.95. The first kappa shape index (κ1) is 23.4. The first-order valence-electron chi connectivity index (χ1n) is 16.1. The van der Waals surface area contributed by atoms with Crippen molar-refractivity contribution >= 4 is 72.8 Å². The fourth-order valence-electron chi connectivity index (χ4n) is 9.11. The summed E-state index contributed by atoms with van der Waals surface area (Å²) in [7, 11) is 0. The van der Waals surface area contributed by atoms with E-state index in [2.05, 4.69) is 160 Å². The standard InChI is InChI=1S/C42H24BN3/c1-2-11-25(12-3-1)44-34-17-7-4-15-28(34)32-23-39-33(24-38(32)44)31-22-21-30-27-14-6-9-19-36(27)46-35-18-8-5-13-26(35)29-16-10-20-37-40(29)43(46)41(30)42(31)45(37)39/h1-24H. The second-order valence-electron chi connectivity index (χ2n) is 12.9. The number of fused-ring (bicyclic) bond motifs is 13. The molecule has 0 amide bonds. The predicted octanol–water partition coefficient (Wildman–Crippen LogP) is 9.10. The summed E-state index contributed by atoms with van der Waals surface area (Å²) in [5.41, 5.74) is 18.2. The van der Waals surface area contributed by atoms with Crippen LogP contribution in [-0.4, -0.2) is 16.0 Å². The van der Waals surface area contributed by atoms with E-state index in [0.717, 1.165) is 0 Å². The van der Waals surface area contributed by atoms with Gasteiger partial charge in [-0.3, -0.25) is 0 Å². The van der Waals surface area contributed by atoms with E-state index in [1.165, 1.54) is 99.5 Å². The highest BCUT2D eigenvalue weighted by Crippen LogP contribution is 2.50. The van der Waals surface area contributed by atoms with Crippen LogP contribution >= 0.6 is 0 Å². The van der Waals surface area contributed by atoms with Gasteiger partial charge in [-0.2, -0.15) is 0 Å². The van der Waals surface area contributed by atoms with E-state index in [1.54, 1.807) is 0 Å². The fraction of sp³-hybridized carbons (Fsp3) is 0. The summed E-state index contributed by atoms with van der Waals surface area (Å²) >= 11 is 0. The molecule has 12 rings (SSSR count). The molecule has 0 atom stereocenters. The maximum Gasteiger partial charge on any atom is 0.333 e. The molecule has 0 aliphatic carbocycles. The van der Waals surface area contributed by atoms with Crippen LogP contribution in [0.1, 0.15) is 0 Å². The van der Waals surface area contributed by atoms with Gasteiger partial charge in [0.05, 0.1) is 22.1 Å². The number of benzene rings is 7. The van der Waals surface area contributed by atoms with Crippen molar-refractivity contribution in [3.63, 3.8) is 0 Å². The van der Waals surface area contributed by atoms with Crippen LogP contribution in [0.4, 0.5) is 11.4 Å². The van der Waals surface area contributed by atoms with Crippen LogP contribution in [0.25, 0.3) is 77.2 Å². The van der Waals surface area contributed by atoms with Crippen molar-refractivity contribution in [3.05, 3.63) is 146 Å². The van der Waals surface area contributed by atoms with E-state index in [1.807, 2.05) is 0 Å². The van der Waals surface area contributed by atoms with Crippen molar-refractivity contribution in [2.75, 3.05) is 4.81 Å². The molecule has 0 fully saturated rings. The van der Waals surface area contributed by atoms with E-state index in [-0.39, 0.29) is 6.85 Å². The summed E-state index contributed by atoms with van der Waals surface area (Å²) in [6.45, 7) is 0.111. The maximum absolute atomic E-state index is 2.62. The number of anilines is 2. The molecule has 4 heteroatoms. The van der Waals surface area contributed by atoms with Crippen LogP contribution < -0.4 is 15.7 Å². The molecule has 5 heterocycles. The number of rotatable bonds is 1. The van der Waals surface area contributed by atoms with Gasteiger partial charge in [-0.05, 0) is 70.6 Å². The summed E-state index contributed by atoms with van der Waals surface area (Å²) in [6.07, 6.45) is 0. The van der Waals surface area contributed by atoms with Gasteiger partial charge in [-0.1, -0.05) is 97.1 Å². The summed E-state index contributed by atoms with van der Waals surface area (Å²) in [4.78, 5) is 2.62. The molecule has 0 radical (unpaired) electrons. The molecule has 3 aliphatic heterocycles. The minimum Gasteiger partial charge on any atom is -0.376 e. The molecule has 0 N–H and O–H groups in total. The first-order chi connectivity index (χ1) is 22.9. The molecular formula is C42H24BN3. The van der Waals surface area contributed by atoms with Crippen LogP contribution in [0.3, 0.4) is 0 Å². The zero-order valence-electron chi connectivity index (χ0n) is 24.8. The Morgan fingerprint density at radius 1 is 0.370 bits per heavy atom. The average Bonchev–Trinajstić information content (AvgIpc) is 3.62. The Morgan fingerprint density at radius 2 is 0.978 bits per heavy atom. The SMILES string of the molecule is c1ccc(-n2c3ccccc3c3cc4c(cc32)c2ccc3c5c2n4-c2cccc4c2B5N(c2ccccc2-4)c2ccccc2-3)cc1. The normalized spacial score (nSPS) is 13.6. The Bertz CT molecular complexity index is 2820. The van der Waals surface area contributed by atoms with Gasteiger partial charge >= 0.3 is 6.85 Å². The van der Waals surface area contributed by atoms with E-state index in [9.17, 15) is 0 Å². The van der Waals surface area contributed by atoms with Crippen molar-refractivity contribution in [1.82, 2.24) is 9.13 Å². The highest BCUT2D eigenvalue weighted by Gasteiger charge is 2.47. The summed E-state index contributed by atoms with van der Waals surface area (Å²) in [5, 5.41) is 5.17.